The second-order valence-electron chi connectivity index (χ2n) is 7.82. The van der Waals surface area contributed by atoms with Gasteiger partial charge >= 0.3 is 0 Å². The third kappa shape index (κ3) is 4.44. The molecule has 2 heterocycles. The summed E-state index contributed by atoms with van der Waals surface area (Å²) in [7, 11) is -3.71. The van der Waals surface area contributed by atoms with Gasteiger partial charge in [0.05, 0.1) is 12.2 Å². The number of piperidine rings is 1. The van der Waals surface area contributed by atoms with Gasteiger partial charge in [-0.05, 0) is 63.8 Å². The summed E-state index contributed by atoms with van der Waals surface area (Å²) in [6, 6.07) is 6.01. The number of carbonyl (C=O) groups is 1. The summed E-state index contributed by atoms with van der Waals surface area (Å²) in [5.41, 5.74) is 2.89. The van der Waals surface area contributed by atoms with Gasteiger partial charge in [-0.1, -0.05) is 6.07 Å². The van der Waals surface area contributed by atoms with Crippen molar-refractivity contribution in [1.29, 1.82) is 0 Å². The number of nitrogens with one attached hydrogen (secondary N) is 1. The quantitative estimate of drug-likeness (QED) is 0.830. The van der Waals surface area contributed by atoms with Crippen LogP contribution in [0.15, 0.2) is 35.7 Å². The lowest BCUT2D eigenvalue weighted by atomic mass is 9.98. The molecule has 1 aromatic carbocycles. The zero-order valence-corrected chi connectivity index (χ0v) is 17.7. The van der Waals surface area contributed by atoms with Crippen LogP contribution >= 0.6 is 0 Å². The maximum atomic E-state index is 13.0. The highest BCUT2D eigenvalue weighted by atomic mass is 32.2. The van der Waals surface area contributed by atoms with Crippen LogP contribution < -0.4 is 5.32 Å². The Morgan fingerprint density at radius 2 is 1.89 bits per heavy atom. The van der Waals surface area contributed by atoms with E-state index in [1.165, 1.54) is 10.6 Å². The topological polar surface area (TPSA) is 84.3 Å². The SMILES string of the molecule is Cc1cc(C)cc(NC(=O)[C@@H]2CCCN(S(=O)(=O)c3cn(C(C)C)cn3)C2)c1. The first-order valence-corrected chi connectivity index (χ1v) is 11.0. The summed E-state index contributed by atoms with van der Waals surface area (Å²) >= 11 is 0. The van der Waals surface area contributed by atoms with E-state index in [1.807, 2.05) is 45.9 Å². The van der Waals surface area contributed by atoms with E-state index < -0.39 is 10.0 Å². The largest absolute Gasteiger partial charge is 0.334 e. The van der Waals surface area contributed by atoms with Gasteiger partial charge in [-0.25, -0.2) is 13.4 Å². The molecular formula is C20H28N4O3S. The number of sulfonamides is 1. The molecule has 2 aromatic rings. The molecule has 3 rings (SSSR count). The number of anilines is 1. The highest BCUT2D eigenvalue weighted by molar-refractivity contribution is 7.89. The predicted octanol–water partition coefficient (Wildman–Crippen LogP) is 3.12. The Bertz CT molecular complexity index is 945. The van der Waals surface area contributed by atoms with E-state index in [0.717, 1.165) is 16.8 Å². The molecule has 1 aromatic heterocycles. The third-order valence-electron chi connectivity index (χ3n) is 5.02. The fraction of sp³-hybridized carbons (Fsp3) is 0.500. The molecule has 0 radical (unpaired) electrons. The number of hydrogen-bond donors (Lipinski definition) is 1. The lowest BCUT2D eigenvalue weighted by molar-refractivity contribution is -0.120. The van der Waals surface area contributed by atoms with E-state index in [4.69, 9.17) is 0 Å². The van der Waals surface area contributed by atoms with E-state index in [9.17, 15) is 13.2 Å². The molecule has 0 bridgehead atoms. The van der Waals surface area contributed by atoms with Gasteiger partial charge in [-0.15, -0.1) is 0 Å². The van der Waals surface area contributed by atoms with E-state index in [1.54, 1.807) is 10.8 Å². The summed E-state index contributed by atoms with van der Waals surface area (Å²) in [6.07, 6.45) is 4.41. The second kappa shape index (κ2) is 8.05. The van der Waals surface area contributed by atoms with Gasteiger partial charge < -0.3 is 9.88 Å². The molecule has 8 heteroatoms. The first kappa shape index (κ1) is 20.5. The standard InChI is InChI=1S/C20H28N4O3S/c1-14(2)23-12-19(21-13-23)28(26,27)24-7-5-6-17(11-24)20(25)22-18-9-15(3)8-16(4)10-18/h8-10,12-14,17H,5-7,11H2,1-4H3,(H,22,25)/t17-/m1/s1. The zero-order chi connectivity index (χ0) is 20.5. The molecule has 0 unspecified atom stereocenters. The molecule has 7 nitrogen and oxygen atoms in total. The second-order valence-corrected chi connectivity index (χ2v) is 9.71. The maximum absolute atomic E-state index is 13.0. The van der Waals surface area contributed by atoms with Crippen LogP contribution in [0.3, 0.4) is 0 Å². The molecule has 1 atom stereocenters. The van der Waals surface area contributed by atoms with Gasteiger partial charge in [0.2, 0.25) is 5.91 Å². The van der Waals surface area contributed by atoms with Crippen LogP contribution in [0.2, 0.25) is 0 Å². The van der Waals surface area contributed by atoms with Gasteiger partial charge in [-0.3, -0.25) is 4.79 Å². The van der Waals surface area contributed by atoms with Crippen molar-refractivity contribution in [3.63, 3.8) is 0 Å². The van der Waals surface area contributed by atoms with Crippen molar-refractivity contribution < 1.29 is 13.2 Å². The van der Waals surface area contributed by atoms with Gasteiger partial charge in [0.25, 0.3) is 10.0 Å². The lowest BCUT2D eigenvalue weighted by Crippen LogP contribution is -2.43. The fourth-order valence-electron chi connectivity index (χ4n) is 3.53. The van der Waals surface area contributed by atoms with Crippen molar-refractivity contribution in [3.05, 3.63) is 41.9 Å². The molecule has 1 saturated heterocycles. The molecule has 152 valence electrons. The molecule has 0 spiro atoms. The van der Waals surface area contributed by atoms with Crippen LogP contribution in [0.1, 0.15) is 43.9 Å². The number of carbonyl (C=O) groups excluding carboxylic acids is 1. The Morgan fingerprint density at radius 1 is 1.21 bits per heavy atom. The number of benzene rings is 1. The normalized spacial score (nSPS) is 18.4. The van der Waals surface area contributed by atoms with Crippen molar-refractivity contribution >= 4 is 21.6 Å². The average molecular weight is 405 g/mol. The Labute approximate surface area is 166 Å². The van der Waals surface area contributed by atoms with Crippen molar-refractivity contribution in [1.82, 2.24) is 13.9 Å². The molecular weight excluding hydrogens is 376 g/mol. The molecule has 1 amide bonds. The van der Waals surface area contributed by atoms with Crippen LogP contribution in [0.25, 0.3) is 0 Å². The third-order valence-corrected chi connectivity index (χ3v) is 6.77. The van der Waals surface area contributed by atoms with Gasteiger partial charge in [-0.2, -0.15) is 4.31 Å². The molecule has 1 aliphatic heterocycles. The highest BCUT2D eigenvalue weighted by Gasteiger charge is 2.34. The van der Waals surface area contributed by atoms with E-state index in [-0.39, 0.29) is 29.4 Å². The molecule has 28 heavy (non-hydrogen) atoms. The Morgan fingerprint density at radius 3 is 2.50 bits per heavy atom. The van der Waals surface area contributed by atoms with E-state index in [0.29, 0.717) is 19.4 Å². The fourth-order valence-corrected chi connectivity index (χ4v) is 4.98. The number of hydrogen-bond acceptors (Lipinski definition) is 4. The van der Waals surface area contributed by atoms with Gasteiger partial charge in [0, 0.05) is 31.0 Å². The zero-order valence-electron chi connectivity index (χ0n) is 16.8. The first-order valence-electron chi connectivity index (χ1n) is 9.59. The molecule has 1 N–H and O–H groups in total. The smallest absolute Gasteiger partial charge is 0.262 e. The summed E-state index contributed by atoms with van der Waals surface area (Å²) < 4.78 is 29.1. The van der Waals surface area contributed by atoms with Gasteiger partial charge in [0.1, 0.15) is 0 Å². The summed E-state index contributed by atoms with van der Waals surface area (Å²) in [5.74, 6) is -0.519. The summed E-state index contributed by atoms with van der Waals surface area (Å²) in [5, 5.41) is 2.98. The van der Waals surface area contributed by atoms with Crippen LogP contribution in [0.4, 0.5) is 5.69 Å². The number of aryl methyl sites for hydroxylation is 2. The average Bonchev–Trinajstić information content (AvgIpc) is 3.12. The Balaban J connectivity index is 1.72. The van der Waals surface area contributed by atoms with Crippen LogP contribution in [-0.4, -0.2) is 41.3 Å². The lowest BCUT2D eigenvalue weighted by Gasteiger charge is -2.30. The van der Waals surface area contributed by atoms with E-state index >= 15 is 0 Å². The number of rotatable bonds is 5. The molecule has 0 saturated carbocycles. The monoisotopic (exact) mass is 404 g/mol. The first-order chi connectivity index (χ1) is 13.2. The van der Waals surface area contributed by atoms with Crippen molar-refractivity contribution in [3.8, 4) is 0 Å². The van der Waals surface area contributed by atoms with E-state index in [2.05, 4.69) is 10.3 Å². The number of nitrogens with zero attached hydrogens (tertiary/aromatic N) is 3. The Hall–Kier alpha value is -2.19. The molecule has 0 aliphatic carbocycles. The number of imidazole rings is 1. The Kier molecular flexibility index (Phi) is 5.90. The van der Waals surface area contributed by atoms with Crippen LogP contribution in [0.5, 0.6) is 0 Å². The summed E-state index contributed by atoms with van der Waals surface area (Å²) in [4.78, 5) is 16.8. The number of aromatic nitrogens is 2. The van der Waals surface area contributed by atoms with Crippen LogP contribution in [0, 0.1) is 19.8 Å². The number of amides is 1. The van der Waals surface area contributed by atoms with Crippen molar-refractivity contribution in [2.24, 2.45) is 5.92 Å². The van der Waals surface area contributed by atoms with Crippen molar-refractivity contribution in [2.75, 3.05) is 18.4 Å². The minimum Gasteiger partial charge on any atom is -0.334 e. The maximum Gasteiger partial charge on any atom is 0.262 e. The summed E-state index contributed by atoms with van der Waals surface area (Å²) in [6.45, 7) is 8.47. The van der Waals surface area contributed by atoms with Gasteiger partial charge in [0.15, 0.2) is 5.03 Å². The minimum atomic E-state index is -3.71. The minimum absolute atomic E-state index is 0.0385. The van der Waals surface area contributed by atoms with Crippen molar-refractivity contribution in [2.45, 2.75) is 51.6 Å². The molecule has 1 aliphatic rings. The van der Waals surface area contributed by atoms with Crippen LogP contribution in [-0.2, 0) is 14.8 Å². The highest BCUT2D eigenvalue weighted by Crippen LogP contribution is 2.25. The molecule has 1 fully saturated rings. The predicted molar refractivity (Wildman–Crippen MR) is 109 cm³/mol.